The highest BCUT2D eigenvalue weighted by atomic mass is 16.3. The summed E-state index contributed by atoms with van der Waals surface area (Å²) in [6.07, 6.45) is 1.98. The minimum Gasteiger partial charge on any atom is -0.393 e. The topological polar surface area (TPSA) is 20.2 Å². The molecule has 1 aliphatic rings. The first-order valence-corrected chi connectivity index (χ1v) is 6.26. The molecule has 0 aliphatic heterocycles. The molecule has 1 aromatic rings. The van der Waals surface area contributed by atoms with Gasteiger partial charge in [0.15, 0.2) is 0 Å². The second-order valence-corrected chi connectivity index (χ2v) is 5.40. The van der Waals surface area contributed by atoms with Crippen LogP contribution in [-0.2, 0) is 0 Å². The number of rotatable bonds is 1. The Morgan fingerprint density at radius 1 is 1.00 bits per heavy atom. The fourth-order valence-electron chi connectivity index (χ4n) is 2.97. The average molecular weight is 218 g/mol. The van der Waals surface area contributed by atoms with Crippen LogP contribution in [0.2, 0.25) is 0 Å². The monoisotopic (exact) mass is 218 g/mol. The van der Waals surface area contributed by atoms with Gasteiger partial charge < -0.3 is 5.11 Å². The maximum Gasteiger partial charge on any atom is 0.0571 e. The summed E-state index contributed by atoms with van der Waals surface area (Å²) in [6, 6.07) is 4.60. The Hall–Kier alpha value is -0.820. The lowest BCUT2D eigenvalue weighted by Crippen LogP contribution is -2.15. The van der Waals surface area contributed by atoms with E-state index in [2.05, 4.69) is 39.8 Å². The molecule has 1 nitrogen and oxygen atoms in total. The average Bonchev–Trinajstić information content (AvgIpc) is 2.54. The zero-order chi connectivity index (χ0) is 11.9. The van der Waals surface area contributed by atoms with Crippen LogP contribution in [0, 0.1) is 26.7 Å². The quantitative estimate of drug-likeness (QED) is 0.765. The Bertz CT molecular complexity index is 395. The molecule has 3 atom stereocenters. The van der Waals surface area contributed by atoms with Gasteiger partial charge in [0.25, 0.3) is 0 Å². The fourth-order valence-corrected chi connectivity index (χ4v) is 2.97. The second kappa shape index (κ2) is 4.21. The van der Waals surface area contributed by atoms with E-state index in [1.165, 1.54) is 22.3 Å². The summed E-state index contributed by atoms with van der Waals surface area (Å²) in [5.41, 5.74) is 5.57. The highest BCUT2D eigenvalue weighted by Gasteiger charge is 2.33. The maximum absolute atomic E-state index is 9.84. The van der Waals surface area contributed by atoms with Crippen molar-refractivity contribution < 1.29 is 5.11 Å². The van der Waals surface area contributed by atoms with E-state index >= 15 is 0 Å². The Kier molecular flexibility index (Phi) is 3.07. The van der Waals surface area contributed by atoms with E-state index < -0.39 is 0 Å². The van der Waals surface area contributed by atoms with Gasteiger partial charge in [-0.2, -0.15) is 0 Å². The number of aliphatic hydroxyl groups excluding tert-OH is 1. The molecule has 0 heterocycles. The lowest BCUT2D eigenvalue weighted by molar-refractivity contribution is 0.136. The summed E-state index contributed by atoms with van der Waals surface area (Å²) >= 11 is 0. The van der Waals surface area contributed by atoms with Crippen LogP contribution in [0.3, 0.4) is 0 Å². The van der Waals surface area contributed by atoms with Gasteiger partial charge in [0.05, 0.1) is 6.10 Å². The van der Waals surface area contributed by atoms with Gasteiger partial charge in [-0.05, 0) is 67.7 Å². The third kappa shape index (κ3) is 1.89. The van der Waals surface area contributed by atoms with Gasteiger partial charge in [-0.3, -0.25) is 0 Å². The number of aryl methyl sites for hydroxylation is 3. The molecular formula is C15H22O. The molecule has 2 rings (SSSR count). The van der Waals surface area contributed by atoms with Crippen molar-refractivity contribution in [3.63, 3.8) is 0 Å². The van der Waals surface area contributed by atoms with E-state index in [4.69, 9.17) is 0 Å². The van der Waals surface area contributed by atoms with Crippen LogP contribution in [0.15, 0.2) is 12.1 Å². The lowest BCUT2D eigenvalue weighted by atomic mass is 9.85. The van der Waals surface area contributed by atoms with Crippen LogP contribution in [0.1, 0.15) is 47.9 Å². The lowest BCUT2D eigenvalue weighted by Gasteiger charge is -2.21. The number of aliphatic hydroxyl groups is 1. The van der Waals surface area contributed by atoms with Crippen LogP contribution < -0.4 is 0 Å². The summed E-state index contributed by atoms with van der Waals surface area (Å²) < 4.78 is 0. The van der Waals surface area contributed by atoms with Gasteiger partial charge in [-0.1, -0.05) is 19.1 Å². The van der Waals surface area contributed by atoms with E-state index in [0.29, 0.717) is 11.8 Å². The van der Waals surface area contributed by atoms with Crippen LogP contribution in [0.5, 0.6) is 0 Å². The van der Waals surface area contributed by atoms with Crippen molar-refractivity contribution >= 4 is 0 Å². The summed E-state index contributed by atoms with van der Waals surface area (Å²) in [4.78, 5) is 0. The van der Waals surface area contributed by atoms with Crippen molar-refractivity contribution in [1.29, 1.82) is 0 Å². The van der Waals surface area contributed by atoms with Gasteiger partial charge >= 0.3 is 0 Å². The molecule has 0 spiro atoms. The summed E-state index contributed by atoms with van der Waals surface area (Å²) in [5.74, 6) is 0.954. The molecule has 1 fully saturated rings. The van der Waals surface area contributed by atoms with E-state index in [1.807, 2.05) is 0 Å². The first-order chi connectivity index (χ1) is 7.50. The van der Waals surface area contributed by atoms with Crippen LogP contribution >= 0.6 is 0 Å². The Balaban J connectivity index is 2.37. The molecule has 0 aromatic heterocycles. The first-order valence-electron chi connectivity index (χ1n) is 6.26. The number of hydrogen-bond donors (Lipinski definition) is 1. The molecule has 3 unspecified atom stereocenters. The molecule has 1 aliphatic carbocycles. The Morgan fingerprint density at radius 3 is 2.19 bits per heavy atom. The van der Waals surface area contributed by atoms with Gasteiger partial charge in [0.1, 0.15) is 0 Å². The van der Waals surface area contributed by atoms with Crippen molar-refractivity contribution in [2.75, 3.05) is 0 Å². The van der Waals surface area contributed by atoms with E-state index in [0.717, 1.165) is 12.8 Å². The zero-order valence-electron chi connectivity index (χ0n) is 10.7. The van der Waals surface area contributed by atoms with E-state index in [1.54, 1.807) is 0 Å². The van der Waals surface area contributed by atoms with Crippen LogP contribution in [0.4, 0.5) is 0 Å². The summed E-state index contributed by atoms with van der Waals surface area (Å²) in [5, 5.41) is 9.84. The normalized spacial score (nSPS) is 29.7. The molecule has 1 N–H and O–H groups in total. The molecule has 0 radical (unpaired) electrons. The fraction of sp³-hybridized carbons (Fsp3) is 0.600. The van der Waals surface area contributed by atoms with Crippen molar-refractivity contribution in [3.05, 3.63) is 34.4 Å². The predicted octanol–water partition coefficient (Wildman–Crippen LogP) is 3.49. The van der Waals surface area contributed by atoms with Crippen molar-refractivity contribution in [2.24, 2.45) is 5.92 Å². The van der Waals surface area contributed by atoms with E-state index in [9.17, 15) is 5.11 Å². The molecular weight excluding hydrogens is 196 g/mol. The Morgan fingerprint density at radius 2 is 1.62 bits per heavy atom. The minimum atomic E-state index is -0.106. The Labute approximate surface area is 98.5 Å². The van der Waals surface area contributed by atoms with E-state index in [-0.39, 0.29) is 6.10 Å². The third-order valence-electron chi connectivity index (χ3n) is 4.30. The highest BCUT2D eigenvalue weighted by Crippen LogP contribution is 2.41. The molecule has 0 saturated heterocycles. The smallest absolute Gasteiger partial charge is 0.0571 e. The number of benzene rings is 1. The number of hydrogen-bond acceptors (Lipinski definition) is 1. The third-order valence-corrected chi connectivity index (χ3v) is 4.30. The first kappa shape index (κ1) is 11.7. The maximum atomic E-state index is 9.84. The van der Waals surface area contributed by atoms with Gasteiger partial charge in [-0.15, -0.1) is 0 Å². The molecule has 88 valence electrons. The standard InChI is InChI=1S/C15H22O/c1-9-7-11(3)14(8-10(9)2)13-5-6-15(16)12(13)4/h7-8,12-13,15-16H,5-6H2,1-4H3. The molecule has 1 saturated carbocycles. The van der Waals surface area contributed by atoms with Crippen molar-refractivity contribution in [3.8, 4) is 0 Å². The minimum absolute atomic E-state index is 0.106. The molecule has 0 amide bonds. The summed E-state index contributed by atoms with van der Waals surface area (Å²) in [7, 11) is 0. The second-order valence-electron chi connectivity index (χ2n) is 5.40. The molecule has 1 aromatic carbocycles. The van der Waals surface area contributed by atoms with Crippen molar-refractivity contribution in [2.45, 2.75) is 52.6 Å². The molecule has 16 heavy (non-hydrogen) atoms. The van der Waals surface area contributed by atoms with Gasteiger partial charge in [0, 0.05) is 0 Å². The SMILES string of the molecule is Cc1cc(C)c(C2CCC(O)C2C)cc1C. The molecule has 0 bridgehead atoms. The summed E-state index contributed by atoms with van der Waals surface area (Å²) in [6.45, 7) is 8.71. The van der Waals surface area contributed by atoms with Crippen molar-refractivity contribution in [1.82, 2.24) is 0 Å². The van der Waals surface area contributed by atoms with Gasteiger partial charge in [-0.25, -0.2) is 0 Å². The van der Waals surface area contributed by atoms with Crippen LogP contribution in [-0.4, -0.2) is 11.2 Å². The zero-order valence-corrected chi connectivity index (χ0v) is 10.7. The highest BCUT2D eigenvalue weighted by molar-refractivity contribution is 5.39. The predicted molar refractivity (Wildman–Crippen MR) is 67.8 cm³/mol. The van der Waals surface area contributed by atoms with Crippen LogP contribution in [0.25, 0.3) is 0 Å². The molecule has 1 heteroatoms. The van der Waals surface area contributed by atoms with Gasteiger partial charge in [0.2, 0.25) is 0 Å². The largest absolute Gasteiger partial charge is 0.393 e.